The van der Waals surface area contributed by atoms with Crippen molar-refractivity contribution in [1.82, 2.24) is 0 Å². The molecule has 0 saturated heterocycles. The molecule has 0 amide bonds. The molecule has 4 aromatic rings. The lowest BCUT2D eigenvalue weighted by Crippen LogP contribution is -2.28. The Morgan fingerprint density at radius 3 is 1.68 bits per heavy atom. The van der Waals surface area contributed by atoms with E-state index in [9.17, 15) is 24.0 Å². The second-order valence-electron chi connectivity index (χ2n) is 12.2. The van der Waals surface area contributed by atoms with Crippen LogP contribution in [0.5, 0.6) is 11.5 Å². The zero-order chi connectivity index (χ0) is 42.0. The molecule has 1 aliphatic rings. The Morgan fingerprint density at radius 2 is 1.21 bits per heavy atom. The lowest BCUT2D eigenvalue weighted by molar-refractivity contribution is -0.150. The largest absolute Gasteiger partial charge is 0.481 e. The Labute approximate surface area is 350 Å². The molecule has 3 atom stereocenters. The number of aliphatic carboxylic acids is 4. The lowest BCUT2D eigenvalue weighted by atomic mass is 10.0. The predicted octanol–water partition coefficient (Wildman–Crippen LogP) is 9.49. The molecule has 0 aromatic heterocycles. The van der Waals surface area contributed by atoms with Gasteiger partial charge in [-0.3, -0.25) is 9.59 Å². The number of carbonyl (C=O) groups excluding carboxylic acids is 1. The maximum Gasteiger partial charge on any atom is 0.348 e. The Kier molecular flexibility index (Phi) is 20.1. The normalized spacial score (nSPS) is 13.6. The highest BCUT2D eigenvalue weighted by Crippen LogP contribution is 2.40. The fourth-order valence-corrected chi connectivity index (χ4v) is 4.99. The van der Waals surface area contributed by atoms with Crippen molar-refractivity contribution in [2.45, 2.75) is 64.4 Å². The minimum atomic E-state index is -1.07. The van der Waals surface area contributed by atoms with Gasteiger partial charge in [-0.1, -0.05) is 86.3 Å². The highest BCUT2D eigenvalue weighted by atomic mass is 79.9. The second-order valence-corrected chi connectivity index (χ2v) is 14.9. The number of benzene rings is 4. The Morgan fingerprint density at radius 1 is 0.714 bits per heavy atom. The van der Waals surface area contributed by atoms with Gasteiger partial charge in [0.15, 0.2) is 18.5 Å². The van der Waals surface area contributed by atoms with Gasteiger partial charge in [-0.2, -0.15) is 0 Å². The quantitative estimate of drug-likeness (QED) is 0.0877. The van der Waals surface area contributed by atoms with Crippen molar-refractivity contribution in [2.24, 2.45) is 5.92 Å². The number of rotatable bonds is 14. The van der Waals surface area contributed by atoms with E-state index in [-0.39, 0.29) is 18.3 Å². The number of carboxylic acids is 4. The highest BCUT2D eigenvalue weighted by molar-refractivity contribution is 9.10. The van der Waals surface area contributed by atoms with Gasteiger partial charge in [0.1, 0.15) is 11.5 Å². The van der Waals surface area contributed by atoms with Crippen molar-refractivity contribution in [3.05, 3.63) is 127 Å². The first-order chi connectivity index (χ1) is 26.3. The molecular weight excluding hydrogens is 903 g/mol. The average Bonchev–Trinajstić information content (AvgIpc) is 3.95. The van der Waals surface area contributed by atoms with E-state index in [1.165, 1.54) is 13.8 Å². The van der Waals surface area contributed by atoms with E-state index in [4.69, 9.17) is 57.8 Å². The highest BCUT2D eigenvalue weighted by Gasteiger charge is 2.53. The van der Waals surface area contributed by atoms with Crippen LogP contribution in [-0.4, -0.2) is 68.4 Å². The summed E-state index contributed by atoms with van der Waals surface area (Å²) in [7, 11) is 0. The fraction of sp³-hybridized carbons (Fsp3) is 0.275. The Bertz CT molecular complexity index is 1900. The van der Waals surface area contributed by atoms with Gasteiger partial charge in [-0.25, -0.2) is 14.4 Å². The van der Waals surface area contributed by atoms with Crippen LogP contribution in [0.2, 0.25) is 10.0 Å². The number of hydrogen-bond donors (Lipinski definition) is 4. The standard InChI is InChI=1S/C10H9BrO4.C10H11BrO2.C10H9ClO3.C10H11ClO3/c1-6(10(13)14)15-9-3-2-8(11)4-7(9)5-12;1-7(10(12)13)6-8-2-4-9(11)5-3-8;11-7-1-3-8(4-2-7)14-10(5-6-10)9(12)13;1-7(10(12)13)14-6-8-2-4-9(11)5-3-8/h2-6H,1H3,(H,13,14);2-5,7H,6H2,1H3,(H,12,13);1-4H,5-6H2,(H,12,13);2-5,7H,6H2,1H3,(H,12,13)/t;;;7-/m...0/s1. The molecule has 1 aliphatic carbocycles. The topological polar surface area (TPSA) is 194 Å². The van der Waals surface area contributed by atoms with Crippen LogP contribution in [0.4, 0.5) is 0 Å². The van der Waals surface area contributed by atoms with Gasteiger partial charge in [0.2, 0.25) is 5.60 Å². The van der Waals surface area contributed by atoms with Crippen molar-refractivity contribution in [3.8, 4) is 11.5 Å². The van der Waals surface area contributed by atoms with E-state index in [0.29, 0.717) is 46.9 Å². The number of hydrogen-bond acceptors (Lipinski definition) is 8. The van der Waals surface area contributed by atoms with Gasteiger partial charge in [0, 0.05) is 31.8 Å². The van der Waals surface area contributed by atoms with Gasteiger partial charge in [0.25, 0.3) is 0 Å². The fourth-order valence-electron chi connectivity index (χ4n) is 4.10. The van der Waals surface area contributed by atoms with Crippen LogP contribution in [0.3, 0.4) is 0 Å². The van der Waals surface area contributed by atoms with Crippen LogP contribution in [0.1, 0.15) is 55.1 Å². The molecule has 0 bridgehead atoms. The number of ether oxygens (including phenoxy) is 3. The second kappa shape index (κ2) is 23.6. The van der Waals surface area contributed by atoms with E-state index in [1.54, 1.807) is 73.7 Å². The molecule has 0 aliphatic heterocycles. The third-order valence-electron chi connectivity index (χ3n) is 7.61. The van der Waals surface area contributed by atoms with E-state index < -0.39 is 41.7 Å². The van der Waals surface area contributed by atoms with Gasteiger partial charge < -0.3 is 34.6 Å². The SMILES string of the molecule is CC(Cc1ccc(Br)cc1)C(=O)O.CC(Oc1ccc(Br)cc1C=O)C(=O)O.C[C@H](OCc1ccc(Cl)cc1)C(=O)O.O=C(O)C1(Oc2ccc(Cl)cc2)CC1. The average molecular weight is 943 g/mol. The van der Waals surface area contributed by atoms with Crippen LogP contribution < -0.4 is 9.47 Å². The van der Waals surface area contributed by atoms with E-state index >= 15 is 0 Å². The molecule has 12 nitrogen and oxygen atoms in total. The third-order valence-corrected chi connectivity index (χ3v) is 9.13. The summed E-state index contributed by atoms with van der Waals surface area (Å²) in [6, 6.07) is 26.3. The van der Waals surface area contributed by atoms with Crippen LogP contribution in [0, 0.1) is 5.92 Å². The molecule has 300 valence electrons. The summed E-state index contributed by atoms with van der Waals surface area (Å²) in [5.41, 5.74) is 1.30. The van der Waals surface area contributed by atoms with Crippen molar-refractivity contribution < 1.29 is 58.6 Å². The van der Waals surface area contributed by atoms with Crippen LogP contribution in [0.25, 0.3) is 0 Å². The van der Waals surface area contributed by atoms with Crippen molar-refractivity contribution in [2.75, 3.05) is 0 Å². The van der Waals surface area contributed by atoms with E-state index in [1.807, 2.05) is 24.3 Å². The summed E-state index contributed by atoms with van der Waals surface area (Å²) in [6.07, 6.45) is 0.586. The maximum absolute atomic E-state index is 10.8. The van der Waals surface area contributed by atoms with Crippen LogP contribution in [-0.2, 0) is 36.9 Å². The van der Waals surface area contributed by atoms with E-state index in [0.717, 1.165) is 20.1 Å². The van der Waals surface area contributed by atoms with Gasteiger partial charge in [-0.15, -0.1) is 0 Å². The molecule has 1 saturated carbocycles. The molecule has 2 unspecified atom stereocenters. The molecule has 0 radical (unpaired) electrons. The predicted molar refractivity (Wildman–Crippen MR) is 217 cm³/mol. The molecule has 4 N–H and O–H groups in total. The van der Waals surface area contributed by atoms with Gasteiger partial charge in [0.05, 0.1) is 18.1 Å². The van der Waals surface area contributed by atoms with Gasteiger partial charge >= 0.3 is 23.9 Å². The van der Waals surface area contributed by atoms with Crippen LogP contribution in [0.15, 0.2) is 99.9 Å². The van der Waals surface area contributed by atoms with Crippen LogP contribution >= 0.6 is 55.1 Å². The molecule has 5 rings (SSSR count). The van der Waals surface area contributed by atoms with Crippen molar-refractivity contribution in [3.63, 3.8) is 0 Å². The lowest BCUT2D eigenvalue weighted by Gasteiger charge is -2.12. The van der Waals surface area contributed by atoms with E-state index in [2.05, 4.69) is 31.9 Å². The zero-order valence-electron chi connectivity index (χ0n) is 30.4. The molecule has 16 heteroatoms. The number of carboxylic acid groups (broad SMARTS) is 4. The Balaban J connectivity index is 0.000000258. The maximum atomic E-state index is 10.8. The summed E-state index contributed by atoms with van der Waals surface area (Å²) < 4.78 is 17.3. The molecule has 4 aromatic carbocycles. The molecule has 56 heavy (non-hydrogen) atoms. The minimum absolute atomic E-state index is 0.267. The minimum Gasteiger partial charge on any atom is -0.481 e. The number of halogens is 4. The smallest absolute Gasteiger partial charge is 0.348 e. The summed E-state index contributed by atoms with van der Waals surface area (Å²) in [5, 5.41) is 36.0. The van der Waals surface area contributed by atoms with Crippen molar-refractivity contribution in [1.29, 1.82) is 0 Å². The molecule has 0 spiro atoms. The monoisotopic (exact) mass is 940 g/mol. The first-order valence-corrected chi connectivity index (χ1v) is 19.1. The van der Waals surface area contributed by atoms with Gasteiger partial charge in [-0.05, 0) is 98.1 Å². The number of carbonyl (C=O) groups is 5. The third kappa shape index (κ3) is 17.5. The summed E-state index contributed by atoms with van der Waals surface area (Å²) in [5.74, 6) is -3.18. The first-order valence-electron chi connectivity index (χ1n) is 16.7. The Hall–Kier alpha value is -4.47. The molecular formula is C40H40Br2Cl2O12. The molecule has 1 fully saturated rings. The molecule has 0 heterocycles. The number of aldehydes is 1. The summed E-state index contributed by atoms with van der Waals surface area (Å²) >= 11 is 17.9. The summed E-state index contributed by atoms with van der Waals surface area (Å²) in [6.45, 7) is 4.90. The van der Waals surface area contributed by atoms with Crippen molar-refractivity contribution >= 4 is 85.2 Å². The zero-order valence-corrected chi connectivity index (χ0v) is 35.0. The summed E-state index contributed by atoms with van der Waals surface area (Å²) in [4.78, 5) is 53.0. The first kappa shape index (κ1) is 47.7.